The molecule has 1 fully saturated rings. The molecule has 58 valence electrons. The van der Waals surface area contributed by atoms with Crippen LogP contribution in [0.3, 0.4) is 0 Å². The summed E-state index contributed by atoms with van der Waals surface area (Å²) in [5.41, 5.74) is 0. The minimum absolute atomic E-state index is 0. The van der Waals surface area contributed by atoms with Crippen LogP contribution in [0.25, 0.3) is 0 Å². The molecule has 0 saturated carbocycles. The molecule has 0 aromatic rings. The first kappa shape index (κ1) is 11.4. The number of hydrogen-bond donors (Lipinski definition) is 0. The average Bonchev–Trinajstić information content (AvgIpc) is 1.58. The van der Waals surface area contributed by atoms with Crippen LogP contribution in [0.15, 0.2) is 0 Å². The van der Waals surface area contributed by atoms with Crippen molar-refractivity contribution in [2.24, 2.45) is 0 Å². The van der Waals surface area contributed by atoms with Gasteiger partial charge in [0.2, 0.25) is 5.91 Å². The summed E-state index contributed by atoms with van der Waals surface area (Å²) in [4.78, 5) is 10.4. The van der Waals surface area contributed by atoms with Crippen LogP contribution < -0.4 is 29.6 Å². The number of carbonyl (C=O) groups excluding carboxylic acids is 1. The van der Waals surface area contributed by atoms with Gasteiger partial charge in [0.05, 0.1) is 6.04 Å². The molecule has 0 N–H and O–H groups in total. The van der Waals surface area contributed by atoms with E-state index >= 15 is 0 Å². The first-order valence-electron chi connectivity index (χ1n) is 2.71. The number of β-lactam (4-membered cyclic amide) rings is 1. The predicted octanol–water partition coefficient (Wildman–Crippen LogP) is -3.93. The zero-order valence-electron chi connectivity index (χ0n) is 6.27. The molecule has 5 nitrogen and oxygen atoms in total. The van der Waals surface area contributed by atoms with Crippen molar-refractivity contribution in [1.29, 1.82) is 0 Å². The maximum Gasteiger partial charge on any atom is 1.00 e. The van der Waals surface area contributed by atoms with E-state index in [9.17, 15) is 17.8 Å². The third-order valence-corrected chi connectivity index (χ3v) is 2.40. The normalized spacial score (nSPS) is 24.0. The van der Waals surface area contributed by atoms with Gasteiger partial charge in [0.1, 0.15) is 0 Å². The molecule has 1 saturated heterocycles. The van der Waals surface area contributed by atoms with Crippen molar-refractivity contribution in [3.8, 4) is 0 Å². The summed E-state index contributed by atoms with van der Waals surface area (Å²) in [5.74, 6) is -0.609. The standard InChI is InChI=1S/C4H7NO4S.Na/c1-3-2-4(6)5(3)10(7,8)9;/h3H,2H2,1H3,(H,7,8,9);/q;+1/p-1. The molecule has 1 rings (SSSR count). The summed E-state index contributed by atoms with van der Waals surface area (Å²) in [6.07, 6.45) is 0.154. The summed E-state index contributed by atoms with van der Waals surface area (Å²) >= 11 is 0. The van der Waals surface area contributed by atoms with Crippen LogP contribution in [0.1, 0.15) is 13.3 Å². The molecule has 0 radical (unpaired) electrons. The molecular weight excluding hydrogens is 181 g/mol. The van der Waals surface area contributed by atoms with E-state index in [1.54, 1.807) is 0 Å². The molecule has 7 heteroatoms. The largest absolute Gasteiger partial charge is 1.00 e. The van der Waals surface area contributed by atoms with E-state index in [-0.39, 0.29) is 36.0 Å². The summed E-state index contributed by atoms with van der Waals surface area (Å²) in [5, 5.41) is 0. The molecule has 1 unspecified atom stereocenters. The molecule has 1 amide bonds. The topological polar surface area (TPSA) is 77.5 Å². The number of rotatable bonds is 1. The maximum absolute atomic E-state index is 10.4. The van der Waals surface area contributed by atoms with Crippen molar-refractivity contribution in [2.75, 3.05) is 0 Å². The second-order valence-electron chi connectivity index (χ2n) is 2.20. The number of amides is 1. The van der Waals surface area contributed by atoms with Gasteiger partial charge in [-0.25, -0.2) is 12.7 Å². The molecule has 1 aliphatic rings. The Kier molecular flexibility index (Phi) is 3.52. The van der Waals surface area contributed by atoms with Gasteiger partial charge >= 0.3 is 29.6 Å². The molecule has 1 heterocycles. The molecule has 1 aliphatic heterocycles. The molecular formula is C4H6NNaO4S. The van der Waals surface area contributed by atoms with Crippen molar-refractivity contribution in [2.45, 2.75) is 19.4 Å². The van der Waals surface area contributed by atoms with E-state index in [1.165, 1.54) is 6.92 Å². The molecule has 0 aromatic heterocycles. The summed E-state index contributed by atoms with van der Waals surface area (Å²) in [6, 6.07) is -0.449. The Balaban J connectivity index is 0.000001000. The van der Waals surface area contributed by atoms with Crippen LogP contribution >= 0.6 is 0 Å². The number of nitrogens with zero attached hydrogens (tertiary/aromatic N) is 1. The van der Waals surface area contributed by atoms with Gasteiger partial charge in [0.15, 0.2) is 10.3 Å². The van der Waals surface area contributed by atoms with Gasteiger partial charge in [-0.2, -0.15) is 0 Å². The second-order valence-corrected chi connectivity index (χ2v) is 3.45. The maximum atomic E-state index is 10.4. The van der Waals surface area contributed by atoms with Crippen molar-refractivity contribution in [1.82, 2.24) is 4.31 Å². The van der Waals surface area contributed by atoms with E-state index in [2.05, 4.69) is 0 Å². The Morgan fingerprint density at radius 1 is 1.64 bits per heavy atom. The van der Waals surface area contributed by atoms with Crippen LogP contribution in [0.2, 0.25) is 0 Å². The first-order chi connectivity index (χ1) is 4.43. The molecule has 0 bridgehead atoms. The second kappa shape index (κ2) is 3.40. The van der Waals surface area contributed by atoms with Crippen LogP contribution in [0.4, 0.5) is 0 Å². The van der Waals surface area contributed by atoms with Gasteiger partial charge in [0.25, 0.3) is 0 Å². The van der Waals surface area contributed by atoms with Crippen molar-refractivity contribution < 1.29 is 47.3 Å². The predicted molar refractivity (Wildman–Crippen MR) is 30.6 cm³/mol. The molecule has 0 aliphatic carbocycles. The van der Waals surface area contributed by atoms with Crippen LogP contribution in [-0.4, -0.2) is 29.2 Å². The minimum atomic E-state index is -4.53. The van der Waals surface area contributed by atoms with Gasteiger partial charge in [-0.15, -0.1) is 0 Å². The van der Waals surface area contributed by atoms with Gasteiger partial charge in [-0.1, -0.05) is 0 Å². The Labute approximate surface area is 86.9 Å². The molecule has 0 aromatic carbocycles. The average molecular weight is 187 g/mol. The fourth-order valence-electron chi connectivity index (χ4n) is 0.904. The summed E-state index contributed by atoms with van der Waals surface area (Å²) < 4.78 is 30.9. The third kappa shape index (κ3) is 2.16. The first-order valence-corrected chi connectivity index (χ1v) is 4.07. The number of carbonyl (C=O) groups is 1. The number of hydrogen-bond acceptors (Lipinski definition) is 4. The van der Waals surface area contributed by atoms with Crippen LogP contribution in [0, 0.1) is 0 Å². The Hall–Kier alpha value is 0.380. The van der Waals surface area contributed by atoms with E-state index in [1.807, 2.05) is 0 Å². The zero-order chi connectivity index (χ0) is 7.94. The van der Waals surface area contributed by atoms with E-state index < -0.39 is 22.3 Å². The Bertz CT molecular complexity index is 261. The van der Waals surface area contributed by atoms with Gasteiger partial charge in [-0.05, 0) is 6.92 Å². The van der Waals surface area contributed by atoms with Crippen LogP contribution in [0.5, 0.6) is 0 Å². The third-order valence-electron chi connectivity index (χ3n) is 1.36. The van der Waals surface area contributed by atoms with Crippen molar-refractivity contribution in [3.63, 3.8) is 0 Å². The summed E-state index contributed by atoms with van der Waals surface area (Å²) in [6.45, 7) is 1.51. The van der Waals surface area contributed by atoms with E-state index in [0.717, 1.165) is 0 Å². The molecule has 0 spiro atoms. The molecule has 1 atom stereocenters. The zero-order valence-corrected chi connectivity index (χ0v) is 9.09. The van der Waals surface area contributed by atoms with Gasteiger partial charge in [0, 0.05) is 6.42 Å². The van der Waals surface area contributed by atoms with Crippen molar-refractivity contribution in [3.05, 3.63) is 0 Å². The Morgan fingerprint density at radius 2 is 2.09 bits per heavy atom. The van der Waals surface area contributed by atoms with E-state index in [4.69, 9.17) is 0 Å². The van der Waals surface area contributed by atoms with Gasteiger partial charge < -0.3 is 4.55 Å². The van der Waals surface area contributed by atoms with E-state index in [0.29, 0.717) is 4.31 Å². The quantitative estimate of drug-likeness (QED) is 0.238. The SMILES string of the molecule is CC1CC(=O)N1S(=O)(=O)[O-].[Na+]. The smallest absolute Gasteiger partial charge is 0.731 e. The van der Waals surface area contributed by atoms with Crippen molar-refractivity contribution >= 4 is 16.2 Å². The monoisotopic (exact) mass is 187 g/mol. The fraction of sp³-hybridized carbons (Fsp3) is 0.750. The van der Waals surface area contributed by atoms with Crippen LogP contribution in [-0.2, 0) is 15.1 Å². The fourth-order valence-corrected chi connectivity index (χ4v) is 1.74. The van der Waals surface area contributed by atoms with Gasteiger partial charge in [-0.3, -0.25) is 4.79 Å². The molecule has 11 heavy (non-hydrogen) atoms. The Morgan fingerprint density at radius 3 is 2.18 bits per heavy atom. The summed E-state index contributed by atoms with van der Waals surface area (Å²) in [7, 11) is -4.53. The minimum Gasteiger partial charge on any atom is -0.731 e.